The van der Waals surface area contributed by atoms with Crippen LogP contribution in [0.3, 0.4) is 0 Å². The molecular weight excluding hydrogens is 374 g/mol. The molecule has 2 atom stereocenters. The number of amides is 1. The van der Waals surface area contributed by atoms with Crippen LogP contribution < -0.4 is 16.8 Å². The van der Waals surface area contributed by atoms with Gasteiger partial charge in [0.2, 0.25) is 5.91 Å². The van der Waals surface area contributed by atoms with Crippen LogP contribution in [0.2, 0.25) is 0 Å². The number of nitrogens with two attached hydrogens (primary N) is 2. The third-order valence-electron chi connectivity index (χ3n) is 5.40. The highest BCUT2D eigenvalue weighted by Crippen LogP contribution is 2.22. The first-order chi connectivity index (χ1) is 14.4. The number of rotatable bonds is 9. The van der Waals surface area contributed by atoms with Crippen molar-refractivity contribution in [1.82, 2.24) is 5.32 Å². The van der Waals surface area contributed by atoms with Crippen LogP contribution in [-0.4, -0.2) is 23.8 Å². The van der Waals surface area contributed by atoms with Crippen molar-refractivity contribution in [1.29, 1.82) is 0 Å². The normalized spacial score (nSPS) is 13.0. The number of benzene rings is 3. The van der Waals surface area contributed by atoms with E-state index in [0.717, 1.165) is 34.0 Å². The number of nitrogen functional groups attached to an aromatic ring is 1. The second-order valence-corrected chi connectivity index (χ2v) is 7.73. The minimum atomic E-state index is -0.633. The molecule has 30 heavy (non-hydrogen) atoms. The molecule has 1 amide bonds. The first kappa shape index (κ1) is 21.5. The van der Waals surface area contributed by atoms with Crippen molar-refractivity contribution in [3.8, 4) is 0 Å². The van der Waals surface area contributed by atoms with E-state index < -0.39 is 12.1 Å². The minimum Gasteiger partial charge on any atom is -0.398 e. The van der Waals surface area contributed by atoms with Crippen molar-refractivity contribution in [3.63, 3.8) is 0 Å². The van der Waals surface area contributed by atoms with E-state index in [1.807, 2.05) is 60.7 Å². The van der Waals surface area contributed by atoms with Crippen LogP contribution in [0.25, 0.3) is 10.8 Å². The van der Waals surface area contributed by atoms with E-state index in [1.54, 1.807) is 6.92 Å². The standard InChI is InChI=1S/C25H29N3O2/c1-17(28-25(30)23(27)14-11-18-6-3-2-4-7-18)24(29)15-12-19-10-13-21-20(16-19)8-5-9-22(21)26/h2-10,13,16-17,23H,11-12,14-15,26-27H2,1H3,(H,28,30)/t17-,23+/m0/s1. The molecule has 0 aliphatic rings. The van der Waals surface area contributed by atoms with Gasteiger partial charge in [-0.15, -0.1) is 0 Å². The molecular formula is C25H29N3O2. The maximum Gasteiger partial charge on any atom is 0.237 e. The lowest BCUT2D eigenvalue weighted by Crippen LogP contribution is -2.47. The Labute approximate surface area is 177 Å². The van der Waals surface area contributed by atoms with Gasteiger partial charge < -0.3 is 16.8 Å². The fourth-order valence-corrected chi connectivity index (χ4v) is 3.50. The van der Waals surface area contributed by atoms with Gasteiger partial charge in [0, 0.05) is 17.5 Å². The van der Waals surface area contributed by atoms with Gasteiger partial charge in [-0.1, -0.05) is 60.7 Å². The Morgan fingerprint density at radius 2 is 1.70 bits per heavy atom. The maximum absolute atomic E-state index is 12.5. The summed E-state index contributed by atoms with van der Waals surface area (Å²) in [4.78, 5) is 24.8. The molecule has 0 radical (unpaired) electrons. The Morgan fingerprint density at radius 1 is 0.933 bits per heavy atom. The Bertz CT molecular complexity index is 1020. The number of hydrogen-bond acceptors (Lipinski definition) is 4. The van der Waals surface area contributed by atoms with Crippen LogP contribution in [-0.2, 0) is 22.4 Å². The molecule has 0 aromatic heterocycles. The molecule has 0 fully saturated rings. The van der Waals surface area contributed by atoms with E-state index >= 15 is 0 Å². The van der Waals surface area contributed by atoms with Gasteiger partial charge in [-0.2, -0.15) is 0 Å². The van der Waals surface area contributed by atoms with Crippen molar-refractivity contribution >= 4 is 28.2 Å². The van der Waals surface area contributed by atoms with Crippen LogP contribution in [0.4, 0.5) is 5.69 Å². The topological polar surface area (TPSA) is 98.2 Å². The van der Waals surface area contributed by atoms with Crippen molar-refractivity contribution in [2.24, 2.45) is 5.73 Å². The summed E-state index contributed by atoms with van der Waals surface area (Å²) in [6, 6.07) is 20.6. The zero-order valence-electron chi connectivity index (χ0n) is 17.3. The number of Topliss-reactive ketones (excluding diaryl/α,β-unsaturated/α-hetero) is 1. The predicted molar refractivity (Wildman–Crippen MR) is 122 cm³/mol. The number of anilines is 1. The summed E-state index contributed by atoms with van der Waals surface area (Å²) >= 11 is 0. The summed E-state index contributed by atoms with van der Waals surface area (Å²) in [6.07, 6.45) is 2.24. The Morgan fingerprint density at radius 3 is 2.47 bits per heavy atom. The average molecular weight is 404 g/mol. The molecule has 5 nitrogen and oxygen atoms in total. The second-order valence-electron chi connectivity index (χ2n) is 7.73. The average Bonchev–Trinajstić information content (AvgIpc) is 2.76. The highest BCUT2D eigenvalue weighted by atomic mass is 16.2. The summed E-state index contributed by atoms with van der Waals surface area (Å²) in [5.74, 6) is -0.292. The number of fused-ring (bicyclic) bond motifs is 1. The molecule has 0 bridgehead atoms. The quantitative estimate of drug-likeness (QED) is 0.477. The van der Waals surface area contributed by atoms with Gasteiger partial charge in [-0.25, -0.2) is 0 Å². The molecule has 0 saturated carbocycles. The SMILES string of the molecule is C[C@H](NC(=O)[C@H](N)CCc1ccccc1)C(=O)CCc1ccc2c(N)cccc2c1. The first-order valence-electron chi connectivity index (χ1n) is 10.3. The van der Waals surface area contributed by atoms with Crippen molar-refractivity contribution in [2.75, 3.05) is 5.73 Å². The van der Waals surface area contributed by atoms with E-state index in [4.69, 9.17) is 11.5 Å². The molecule has 0 unspecified atom stereocenters. The van der Waals surface area contributed by atoms with E-state index in [9.17, 15) is 9.59 Å². The minimum absolute atomic E-state index is 0.00807. The first-order valence-corrected chi connectivity index (χ1v) is 10.3. The lowest BCUT2D eigenvalue weighted by molar-refractivity contribution is -0.128. The maximum atomic E-state index is 12.5. The predicted octanol–water partition coefficient (Wildman–Crippen LogP) is 3.39. The van der Waals surface area contributed by atoms with Crippen LogP contribution in [0, 0.1) is 0 Å². The smallest absolute Gasteiger partial charge is 0.237 e. The zero-order chi connectivity index (χ0) is 21.5. The van der Waals surface area contributed by atoms with E-state index in [0.29, 0.717) is 19.3 Å². The van der Waals surface area contributed by atoms with Gasteiger partial charge in [-0.05, 0) is 48.8 Å². The lowest BCUT2D eigenvalue weighted by atomic mass is 10.00. The van der Waals surface area contributed by atoms with Gasteiger partial charge >= 0.3 is 0 Å². The molecule has 3 aromatic carbocycles. The molecule has 3 rings (SSSR count). The van der Waals surface area contributed by atoms with Gasteiger partial charge in [0.1, 0.15) is 0 Å². The van der Waals surface area contributed by atoms with Crippen LogP contribution in [0.5, 0.6) is 0 Å². The van der Waals surface area contributed by atoms with E-state index in [1.165, 1.54) is 0 Å². The highest BCUT2D eigenvalue weighted by molar-refractivity contribution is 5.93. The molecule has 0 spiro atoms. The number of carbonyl (C=O) groups excluding carboxylic acids is 2. The zero-order valence-corrected chi connectivity index (χ0v) is 17.3. The number of hydrogen-bond donors (Lipinski definition) is 3. The molecule has 0 aliphatic carbocycles. The molecule has 5 N–H and O–H groups in total. The molecule has 5 heteroatoms. The molecule has 0 heterocycles. The second kappa shape index (κ2) is 10.0. The number of ketones is 1. The Balaban J connectivity index is 1.47. The van der Waals surface area contributed by atoms with Crippen molar-refractivity contribution < 1.29 is 9.59 Å². The number of nitrogens with one attached hydrogen (secondary N) is 1. The Kier molecular flexibility index (Phi) is 7.20. The largest absolute Gasteiger partial charge is 0.398 e. The fraction of sp³-hybridized carbons (Fsp3) is 0.280. The van der Waals surface area contributed by atoms with E-state index in [2.05, 4.69) is 11.4 Å². The molecule has 156 valence electrons. The van der Waals surface area contributed by atoms with Gasteiger partial charge in [-0.3, -0.25) is 9.59 Å². The van der Waals surface area contributed by atoms with Crippen LogP contribution >= 0.6 is 0 Å². The number of carbonyl (C=O) groups is 2. The fourth-order valence-electron chi connectivity index (χ4n) is 3.50. The highest BCUT2D eigenvalue weighted by Gasteiger charge is 2.19. The van der Waals surface area contributed by atoms with Gasteiger partial charge in [0.25, 0.3) is 0 Å². The van der Waals surface area contributed by atoms with Gasteiger partial charge in [0.15, 0.2) is 5.78 Å². The van der Waals surface area contributed by atoms with E-state index in [-0.39, 0.29) is 11.7 Å². The van der Waals surface area contributed by atoms with Gasteiger partial charge in [0.05, 0.1) is 12.1 Å². The third-order valence-corrected chi connectivity index (χ3v) is 5.40. The summed E-state index contributed by atoms with van der Waals surface area (Å²) in [7, 11) is 0. The monoisotopic (exact) mass is 403 g/mol. The van der Waals surface area contributed by atoms with Crippen molar-refractivity contribution in [2.45, 2.75) is 44.7 Å². The summed E-state index contributed by atoms with van der Waals surface area (Å²) in [5.41, 5.74) is 15.0. The van der Waals surface area contributed by atoms with Crippen LogP contribution in [0.15, 0.2) is 66.7 Å². The molecule has 0 aliphatic heterocycles. The molecule has 3 aromatic rings. The summed E-state index contributed by atoms with van der Waals surface area (Å²) < 4.78 is 0. The van der Waals surface area contributed by atoms with Crippen LogP contribution in [0.1, 0.15) is 30.9 Å². The third kappa shape index (κ3) is 5.67. The summed E-state index contributed by atoms with van der Waals surface area (Å²) in [5, 5.41) is 4.83. The summed E-state index contributed by atoms with van der Waals surface area (Å²) in [6.45, 7) is 1.71. The Hall–Kier alpha value is -3.18. The van der Waals surface area contributed by atoms with Crippen molar-refractivity contribution in [3.05, 3.63) is 77.9 Å². The lowest BCUT2D eigenvalue weighted by Gasteiger charge is -2.17. The molecule has 0 saturated heterocycles. The number of aryl methyl sites for hydroxylation is 2.